The fourth-order valence-electron chi connectivity index (χ4n) is 4.29. The number of para-hydroxylation sites is 1. The van der Waals surface area contributed by atoms with E-state index in [1.807, 2.05) is 49.5 Å². The quantitative estimate of drug-likeness (QED) is 0.434. The van der Waals surface area contributed by atoms with Gasteiger partial charge in [0.2, 0.25) is 0 Å². The van der Waals surface area contributed by atoms with Crippen LogP contribution in [0.2, 0.25) is 0 Å². The number of ether oxygens (including phenoxy) is 1. The second-order valence-electron chi connectivity index (χ2n) is 7.70. The Morgan fingerprint density at radius 3 is 2.84 bits per heavy atom. The van der Waals surface area contributed by atoms with E-state index in [0.717, 1.165) is 57.0 Å². The Labute approximate surface area is 181 Å². The van der Waals surface area contributed by atoms with E-state index in [2.05, 4.69) is 40.7 Å². The molecule has 4 aromatic rings. The SMILES string of the molecule is CCc1nc2cccnc2n1Cc1ccc2c(c1)COc1ccccc1/C2=C(/C)C#N. The molecule has 0 saturated heterocycles. The van der Waals surface area contributed by atoms with Crippen LogP contribution in [-0.4, -0.2) is 14.5 Å². The molecule has 1 aliphatic heterocycles. The molecule has 5 rings (SSSR count). The van der Waals surface area contributed by atoms with E-state index in [4.69, 9.17) is 9.72 Å². The summed E-state index contributed by atoms with van der Waals surface area (Å²) in [7, 11) is 0. The van der Waals surface area contributed by atoms with Gasteiger partial charge in [-0.15, -0.1) is 0 Å². The molecule has 0 saturated carbocycles. The lowest BCUT2D eigenvalue weighted by Gasteiger charge is -2.13. The van der Waals surface area contributed by atoms with Crippen LogP contribution in [0.3, 0.4) is 0 Å². The van der Waals surface area contributed by atoms with E-state index in [-0.39, 0.29) is 0 Å². The molecule has 0 unspecified atom stereocenters. The Bertz CT molecular complexity index is 1370. The molecule has 0 radical (unpaired) electrons. The molecule has 2 aromatic heterocycles. The lowest BCUT2D eigenvalue weighted by Crippen LogP contribution is -2.06. The van der Waals surface area contributed by atoms with E-state index in [9.17, 15) is 5.26 Å². The normalized spacial score (nSPS) is 14.2. The number of hydrogen-bond acceptors (Lipinski definition) is 4. The van der Waals surface area contributed by atoms with Crippen molar-refractivity contribution in [1.82, 2.24) is 14.5 Å². The first-order valence-electron chi connectivity index (χ1n) is 10.4. The van der Waals surface area contributed by atoms with Crippen molar-refractivity contribution in [2.75, 3.05) is 0 Å². The summed E-state index contributed by atoms with van der Waals surface area (Å²) in [6, 6.07) is 20.6. The first-order chi connectivity index (χ1) is 15.2. The third kappa shape index (κ3) is 3.27. The van der Waals surface area contributed by atoms with Gasteiger partial charge in [-0.3, -0.25) is 0 Å². The van der Waals surface area contributed by atoms with Crippen LogP contribution >= 0.6 is 0 Å². The van der Waals surface area contributed by atoms with Gasteiger partial charge in [-0.05, 0) is 47.9 Å². The lowest BCUT2D eigenvalue weighted by molar-refractivity contribution is 0.307. The number of aromatic nitrogens is 3. The average molecular weight is 406 g/mol. The van der Waals surface area contributed by atoms with Crippen LogP contribution in [0.5, 0.6) is 5.75 Å². The van der Waals surface area contributed by atoms with Gasteiger partial charge in [-0.1, -0.05) is 37.3 Å². The van der Waals surface area contributed by atoms with Gasteiger partial charge >= 0.3 is 0 Å². The van der Waals surface area contributed by atoms with Crippen LogP contribution in [0.15, 0.2) is 66.4 Å². The number of allylic oxidation sites excluding steroid dienone is 1. The highest BCUT2D eigenvalue weighted by Crippen LogP contribution is 2.38. The van der Waals surface area contributed by atoms with Crippen LogP contribution in [0, 0.1) is 11.3 Å². The number of rotatable bonds is 3. The molecule has 0 amide bonds. The molecule has 0 bridgehead atoms. The van der Waals surface area contributed by atoms with Crippen molar-refractivity contribution < 1.29 is 4.74 Å². The van der Waals surface area contributed by atoms with Gasteiger partial charge in [0.15, 0.2) is 5.65 Å². The van der Waals surface area contributed by atoms with Gasteiger partial charge < -0.3 is 9.30 Å². The summed E-state index contributed by atoms with van der Waals surface area (Å²) in [6.45, 7) is 5.13. The summed E-state index contributed by atoms with van der Waals surface area (Å²) in [4.78, 5) is 9.29. The van der Waals surface area contributed by atoms with Gasteiger partial charge in [-0.25, -0.2) is 9.97 Å². The van der Waals surface area contributed by atoms with Gasteiger partial charge in [0.1, 0.15) is 23.7 Å². The zero-order chi connectivity index (χ0) is 21.4. The zero-order valence-electron chi connectivity index (χ0n) is 17.6. The number of aryl methyl sites for hydroxylation is 1. The first-order valence-corrected chi connectivity index (χ1v) is 10.4. The van der Waals surface area contributed by atoms with Crippen molar-refractivity contribution in [2.45, 2.75) is 33.4 Å². The predicted molar refractivity (Wildman–Crippen MR) is 121 cm³/mol. The van der Waals surface area contributed by atoms with Crippen molar-refractivity contribution in [3.8, 4) is 11.8 Å². The van der Waals surface area contributed by atoms with E-state index in [1.54, 1.807) is 0 Å². The van der Waals surface area contributed by atoms with Crippen molar-refractivity contribution in [2.24, 2.45) is 0 Å². The van der Waals surface area contributed by atoms with Crippen LogP contribution in [0.4, 0.5) is 0 Å². The highest BCUT2D eigenvalue weighted by Gasteiger charge is 2.21. The smallest absolute Gasteiger partial charge is 0.160 e. The highest BCUT2D eigenvalue weighted by atomic mass is 16.5. The fourth-order valence-corrected chi connectivity index (χ4v) is 4.29. The number of imidazole rings is 1. The minimum atomic E-state index is 0.464. The molecule has 0 atom stereocenters. The summed E-state index contributed by atoms with van der Waals surface area (Å²) in [5.41, 5.74) is 7.70. The molecule has 0 N–H and O–H groups in total. The van der Waals surface area contributed by atoms with Crippen LogP contribution in [0.25, 0.3) is 16.7 Å². The van der Waals surface area contributed by atoms with Crippen molar-refractivity contribution >= 4 is 16.7 Å². The van der Waals surface area contributed by atoms with E-state index >= 15 is 0 Å². The predicted octanol–water partition coefficient (Wildman–Crippen LogP) is 5.28. The fraction of sp³-hybridized carbons (Fsp3) is 0.192. The average Bonchev–Trinajstić information content (AvgIpc) is 3.07. The topological polar surface area (TPSA) is 63.7 Å². The zero-order valence-corrected chi connectivity index (χ0v) is 17.6. The Morgan fingerprint density at radius 2 is 2.00 bits per heavy atom. The van der Waals surface area contributed by atoms with Crippen molar-refractivity contribution in [3.63, 3.8) is 0 Å². The Balaban J connectivity index is 1.61. The number of hydrogen-bond donors (Lipinski definition) is 0. The maximum atomic E-state index is 9.65. The van der Waals surface area contributed by atoms with Crippen LogP contribution < -0.4 is 4.74 Å². The van der Waals surface area contributed by atoms with E-state index in [1.165, 1.54) is 0 Å². The molecule has 31 heavy (non-hydrogen) atoms. The second kappa shape index (κ2) is 7.73. The largest absolute Gasteiger partial charge is 0.488 e. The number of nitrogens with zero attached hydrogens (tertiary/aromatic N) is 4. The van der Waals surface area contributed by atoms with Crippen molar-refractivity contribution in [3.05, 3.63) is 94.4 Å². The van der Waals surface area contributed by atoms with Gasteiger partial charge in [0.05, 0.1) is 12.6 Å². The van der Waals surface area contributed by atoms with E-state index in [0.29, 0.717) is 18.7 Å². The van der Waals surface area contributed by atoms with E-state index < -0.39 is 0 Å². The Hall–Kier alpha value is -3.91. The minimum absolute atomic E-state index is 0.464. The van der Waals surface area contributed by atoms with Crippen LogP contribution in [-0.2, 0) is 19.6 Å². The molecule has 0 spiro atoms. The first kappa shape index (κ1) is 19.1. The maximum absolute atomic E-state index is 9.65. The highest BCUT2D eigenvalue weighted by molar-refractivity contribution is 5.88. The van der Waals surface area contributed by atoms with Gasteiger partial charge in [0, 0.05) is 29.3 Å². The lowest BCUT2D eigenvalue weighted by atomic mass is 9.90. The van der Waals surface area contributed by atoms with Gasteiger partial charge in [-0.2, -0.15) is 5.26 Å². The third-order valence-electron chi connectivity index (χ3n) is 5.76. The summed E-state index contributed by atoms with van der Waals surface area (Å²) >= 11 is 0. The van der Waals surface area contributed by atoms with Crippen LogP contribution in [0.1, 0.15) is 41.9 Å². The molecule has 3 heterocycles. The molecule has 0 fully saturated rings. The Morgan fingerprint density at radius 1 is 1.13 bits per heavy atom. The summed E-state index contributed by atoms with van der Waals surface area (Å²) < 4.78 is 8.31. The molecule has 0 aliphatic carbocycles. The molecule has 5 heteroatoms. The molecular weight excluding hydrogens is 384 g/mol. The minimum Gasteiger partial charge on any atom is -0.488 e. The number of fused-ring (bicyclic) bond motifs is 3. The Kier molecular flexibility index (Phi) is 4.76. The number of benzene rings is 2. The molecular formula is C26H22N4O. The molecule has 152 valence electrons. The van der Waals surface area contributed by atoms with Crippen molar-refractivity contribution in [1.29, 1.82) is 5.26 Å². The number of nitriles is 1. The molecule has 2 aromatic carbocycles. The summed E-state index contributed by atoms with van der Waals surface area (Å²) in [6.07, 6.45) is 2.65. The summed E-state index contributed by atoms with van der Waals surface area (Å²) in [5.74, 6) is 1.83. The summed E-state index contributed by atoms with van der Waals surface area (Å²) in [5, 5.41) is 9.65. The second-order valence-corrected chi connectivity index (χ2v) is 7.70. The molecule has 5 nitrogen and oxygen atoms in total. The maximum Gasteiger partial charge on any atom is 0.160 e. The number of pyridine rings is 1. The molecule has 1 aliphatic rings. The monoisotopic (exact) mass is 406 g/mol. The van der Waals surface area contributed by atoms with Gasteiger partial charge in [0.25, 0.3) is 0 Å². The standard InChI is InChI=1S/C26H22N4O/c1-3-24-29-22-8-6-12-28-26(22)30(24)15-18-10-11-20-19(13-18)16-31-23-9-5-4-7-21(23)25(20)17(2)14-27/h4-13H,3,15-16H2,1-2H3/b25-17-. The third-order valence-corrected chi connectivity index (χ3v) is 5.76.